The number of carbonyl (C=O) groups is 1. The number of carbonyl (C=O) groups excluding carboxylic acids is 1. The summed E-state index contributed by atoms with van der Waals surface area (Å²) in [5.41, 5.74) is 5.78. The molecule has 4 aromatic rings. The van der Waals surface area contributed by atoms with E-state index in [4.69, 9.17) is 19.6 Å². The van der Waals surface area contributed by atoms with Crippen LogP contribution in [0.1, 0.15) is 41.9 Å². The highest BCUT2D eigenvalue weighted by Crippen LogP contribution is 2.34. The standard InChI is InChI=1S/C24H24N4O3/c1-14(17-8-10-21-22(12-17)31-13-30-21)25-23(29)11-9-18-15(2)26-24-19-6-4-5-7-20(19)27-28(24)16(18)3/h4-8,10,12,14H,9,11,13H2,1-3H3,(H,25,29)/t14-/m1/s1. The molecule has 7 nitrogen and oxygen atoms in total. The number of hydrogen-bond donors (Lipinski definition) is 1. The van der Waals surface area contributed by atoms with Gasteiger partial charge in [0, 0.05) is 23.2 Å². The first-order valence-corrected chi connectivity index (χ1v) is 10.4. The number of benzene rings is 2. The first-order chi connectivity index (χ1) is 15.0. The smallest absolute Gasteiger partial charge is 0.231 e. The van der Waals surface area contributed by atoms with E-state index in [1.165, 1.54) is 0 Å². The summed E-state index contributed by atoms with van der Waals surface area (Å²) in [6.07, 6.45) is 0.987. The molecule has 1 amide bonds. The molecule has 0 unspecified atom stereocenters. The van der Waals surface area contributed by atoms with E-state index in [1.54, 1.807) is 0 Å². The topological polar surface area (TPSA) is 77.8 Å². The summed E-state index contributed by atoms with van der Waals surface area (Å²) in [5.74, 6) is 1.45. The summed E-state index contributed by atoms with van der Waals surface area (Å²) in [6.45, 7) is 6.24. The molecular weight excluding hydrogens is 392 g/mol. The van der Waals surface area contributed by atoms with Gasteiger partial charge < -0.3 is 14.8 Å². The predicted octanol–water partition coefficient (Wildman–Crippen LogP) is 4.04. The predicted molar refractivity (Wildman–Crippen MR) is 117 cm³/mol. The Hall–Kier alpha value is -3.61. The second kappa shape index (κ2) is 7.58. The van der Waals surface area contributed by atoms with Crippen molar-refractivity contribution in [1.82, 2.24) is 19.9 Å². The molecule has 1 aliphatic heterocycles. The van der Waals surface area contributed by atoms with Gasteiger partial charge in [0.1, 0.15) is 0 Å². The lowest BCUT2D eigenvalue weighted by atomic mass is 10.0. The summed E-state index contributed by atoms with van der Waals surface area (Å²) in [7, 11) is 0. The third kappa shape index (κ3) is 3.46. The van der Waals surface area contributed by atoms with Crippen molar-refractivity contribution in [2.75, 3.05) is 6.79 Å². The van der Waals surface area contributed by atoms with Gasteiger partial charge in [-0.25, -0.2) is 9.50 Å². The van der Waals surface area contributed by atoms with Crippen LogP contribution in [0.3, 0.4) is 0 Å². The molecule has 1 N–H and O–H groups in total. The Balaban J connectivity index is 1.31. The van der Waals surface area contributed by atoms with Gasteiger partial charge in [-0.15, -0.1) is 0 Å². The molecule has 2 aromatic heterocycles. The van der Waals surface area contributed by atoms with Crippen LogP contribution in [-0.4, -0.2) is 27.3 Å². The average molecular weight is 416 g/mol. The van der Waals surface area contributed by atoms with E-state index >= 15 is 0 Å². The zero-order chi connectivity index (χ0) is 21.5. The molecule has 1 atom stereocenters. The van der Waals surface area contributed by atoms with Gasteiger partial charge in [-0.05, 0) is 62.6 Å². The van der Waals surface area contributed by atoms with Crippen molar-refractivity contribution in [1.29, 1.82) is 0 Å². The number of amides is 1. The third-order valence-electron chi connectivity index (χ3n) is 5.89. The summed E-state index contributed by atoms with van der Waals surface area (Å²) in [4.78, 5) is 17.4. The van der Waals surface area contributed by atoms with Gasteiger partial charge in [-0.3, -0.25) is 4.79 Å². The van der Waals surface area contributed by atoms with Crippen LogP contribution in [0, 0.1) is 13.8 Å². The number of hydrogen-bond acceptors (Lipinski definition) is 5. The Morgan fingerprint density at radius 3 is 2.84 bits per heavy atom. The minimum Gasteiger partial charge on any atom is -0.454 e. The van der Waals surface area contributed by atoms with Crippen molar-refractivity contribution in [3.63, 3.8) is 0 Å². The molecule has 0 spiro atoms. The Morgan fingerprint density at radius 2 is 1.97 bits per heavy atom. The lowest BCUT2D eigenvalue weighted by Gasteiger charge is -2.16. The highest BCUT2D eigenvalue weighted by Gasteiger charge is 2.18. The van der Waals surface area contributed by atoms with Crippen LogP contribution >= 0.6 is 0 Å². The van der Waals surface area contributed by atoms with Crippen LogP contribution in [0.5, 0.6) is 11.5 Å². The first-order valence-electron chi connectivity index (χ1n) is 10.4. The molecule has 5 rings (SSSR count). The van der Waals surface area contributed by atoms with E-state index < -0.39 is 0 Å². The minimum atomic E-state index is -0.124. The number of nitrogens with zero attached hydrogens (tertiary/aromatic N) is 3. The van der Waals surface area contributed by atoms with Gasteiger partial charge >= 0.3 is 0 Å². The highest BCUT2D eigenvalue weighted by molar-refractivity contribution is 5.92. The first kappa shape index (κ1) is 19.4. The maximum absolute atomic E-state index is 12.7. The van der Waals surface area contributed by atoms with Crippen LogP contribution in [0.4, 0.5) is 0 Å². The second-order valence-corrected chi connectivity index (χ2v) is 7.92. The van der Waals surface area contributed by atoms with Gasteiger partial charge in [0.05, 0.1) is 11.6 Å². The molecule has 158 valence electrons. The van der Waals surface area contributed by atoms with E-state index in [1.807, 2.05) is 67.8 Å². The van der Waals surface area contributed by atoms with Crippen LogP contribution in [0.15, 0.2) is 42.5 Å². The minimum absolute atomic E-state index is 0.00492. The maximum atomic E-state index is 12.7. The fraction of sp³-hybridized carbons (Fsp3) is 0.292. The molecule has 0 bridgehead atoms. The van der Waals surface area contributed by atoms with Gasteiger partial charge in [0.2, 0.25) is 12.7 Å². The van der Waals surface area contributed by atoms with Gasteiger partial charge in [-0.1, -0.05) is 18.2 Å². The molecule has 3 heterocycles. The molecule has 0 saturated heterocycles. The fourth-order valence-electron chi connectivity index (χ4n) is 4.16. The number of aromatic nitrogens is 3. The van der Waals surface area contributed by atoms with E-state index in [-0.39, 0.29) is 18.7 Å². The number of fused-ring (bicyclic) bond motifs is 4. The van der Waals surface area contributed by atoms with Crippen LogP contribution in [-0.2, 0) is 11.2 Å². The summed E-state index contributed by atoms with van der Waals surface area (Å²) < 4.78 is 12.7. The number of ether oxygens (including phenoxy) is 2. The Kier molecular flexibility index (Phi) is 4.73. The average Bonchev–Trinajstić information content (AvgIpc) is 3.37. The molecule has 2 aromatic carbocycles. The largest absolute Gasteiger partial charge is 0.454 e. The van der Waals surface area contributed by atoms with Crippen molar-refractivity contribution in [2.45, 2.75) is 39.7 Å². The van der Waals surface area contributed by atoms with E-state index in [0.717, 1.165) is 50.6 Å². The van der Waals surface area contributed by atoms with Gasteiger partial charge in [0.25, 0.3) is 0 Å². The second-order valence-electron chi connectivity index (χ2n) is 7.92. The molecule has 7 heteroatoms. The van der Waals surface area contributed by atoms with Crippen LogP contribution < -0.4 is 14.8 Å². The van der Waals surface area contributed by atoms with Gasteiger partial charge in [-0.2, -0.15) is 5.10 Å². The van der Waals surface area contributed by atoms with Crippen LogP contribution in [0.25, 0.3) is 16.6 Å². The van der Waals surface area contributed by atoms with Gasteiger partial charge in [0.15, 0.2) is 17.1 Å². The fourth-order valence-corrected chi connectivity index (χ4v) is 4.16. The van der Waals surface area contributed by atoms with Crippen molar-refractivity contribution in [2.24, 2.45) is 0 Å². The van der Waals surface area contributed by atoms with E-state index in [0.29, 0.717) is 12.8 Å². The Labute approximate surface area is 180 Å². The molecule has 0 saturated carbocycles. The Morgan fingerprint density at radius 1 is 1.16 bits per heavy atom. The number of aryl methyl sites for hydroxylation is 2. The van der Waals surface area contributed by atoms with Crippen molar-refractivity contribution < 1.29 is 14.3 Å². The Bertz CT molecular complexity index is 1310. The molecule has 1 aliphatic rings. The maximum Gasteiger partial charge on any atom is 0.231 e. The lowest BCUT2D eigenvalue weighted by Crippen LogP contribution is -2.27. The highest BCUT2D eigenvalue weighted by atomic mass is 16.7. The lowest BCUT2D eigenvalue weighted by molar-refractivity contribution is -0.121. The molecular formula is C24H24N4O3. The quantitative estimate of drug-likeness (QED) is 0.531. The zero-order valence-electron chi connectivity index (χ0n) is 17.8. The third-order valence-corrected chi connectivity index (χ3v) is 5.89. The van der Waals surface area contributed by atoms with Crippen molar-refractivity contribution in [3.05, 3.63) is 65.0 Å². The normalized spacial score (nSPS) is 13.6. The molecule has 0 fully saturated rings. The number of rotatable bonds is 5. The molecule has 31 heavy (non-hydrogen) atoms. The number of nitrogens with one attached hydrogen (secondary N) is 1. The van der Waals surface area contributed by atoms with Crippen molar-refractivity contribution in [3.8, 4) is 11.5 Å². The summed E-state index contributed by atoms with van der Waals surface area (Å²) in [6, 6.07) is 13.6. The summed E-state index contributed by atoms with van der Waals surface area (Å²) >= 11 is 0. The SMILES string of the molecule is Cc1nc2c3ccccc3nn2c(C)c1CCC(=O)N[C@H](C)c1ccc2c(c1)OCO2. The molecule has 0 radical (unpaired) electrons. The van der Waals surface area contributed by atoms with E-state index in [9.17, 15) is 4.79 Å². The monoisotopic (exact) mass is 416 g/mol. The van der Waals surface area contributed by atoms with Crippen LogP contribution in [0.2, 0.25) is 0 Å². The summed E-state index contributed by atoms with van der Waals surface area (Å²) in [5, 5.41) is 8.81. The van der Waals surface area contributed by atoms with Crippen molar-refractivity contribution >= 4 is 22.5 Å². The molecule has 0 aliphatic carbocycles. The van der Waals surface area contributed by atoms with E-state index in [2.05, 4.69) is 5.32 Å². The zero-order valence-corrected chi connectivity index (χ0v) is 17.8.